The Labute approximate surface area is 87.6 Å². The van der Waals surface area contributed by atoms with Gasteiger partial charge in [-0.3, -0.25) is 0 Å². The number of rotatable bonds is 3. The van der Waals surface area contributed by atoms with Gasteiger partial charge in [0.1, 0.15) is 0 Å². The average molecular weight is 208 g/mol. The third kappa shape index (κ3) is 3.13. The highest BCUT2D eigenvalue weighted by Gasteiger charge is 1.93. The van der Waals surface area contributed by atoms with E-state index in [0.29, 0.717) is 6.54 Å². The van der Waals surface area contributed by atoms with Crippen molar-refractivity contribution in [1.29, 1.82) is 0 Å². The Kier molecular flexibility index (Phi) is 4.05. The zero-order chi connectivity index (χ0) is 10.4. The van der Waals surface area contributed by atoms with E-state index in [4.69, 9.17) is 17.1 Å². The number of halogens is 1. The fourth-order valence-electron chi connectivity index (χ4n) is 1.09. The molecule has 1 aromatic rings. The SMILES string of the molecule is Cc1cc(Cl)ccc1C=CCN=[N+]=[N-]. The Bertz CT molecular complexity index is 392. The van der Waals surface area contributed by atoms with Crippen LogP contribution in [0.5, 0.6) is 0 Å². The Morgan fingerprint density at radius 3 is 3.00 bits per heavy atom. The topological polar surface area (TPSA) is 48.8 Å². The normalized spacial score (nSPS) is 10.1. The second-order valence-electron chi connectivity index (χ2n) is 2.82. The number of benzene rings is 1. The van der Waals surface area contributed by atoms with E-state index in [1.807, 2.05) is 37.3 Å². The summed E-state index contributed by atoms with van der Waals surface area (Å²) in [5.41, 5.74) is 10.3. The van der Waals surface area contributed by atoms with Crippen molar-refractivity contribution < 1.29 is 0 Å². The van der Waals surface area contributed by atoms with Crippen LogP contribution >= 0.6 is 11.6 Å². The minimum atomic E-state index is 0.374. The van der Waals surface area contributed by atoms with Crippen LogP contribution in [0.15, 0.2) is 29.4 Å². The molecule has 0 fully saturated rings. The molecule has 0 aromatic heterocycles. The minimum Gasteiger partial charge on any atom is -0.0899 e. The second kappa shape index (κ2) is 5.32. The molecule has 0 aliphatic carbocycles. The number of hydrogen-bond donors (Lipinski definition) is 0. The number of hydrogen-bond acceptors (Lipinski definition) is 1. The monoisotopic (exact) mass is 207 g/mol. The second-order valence-corrected chi connectivity index (χ2v) is 3.25. The molecule has 1 aromatic carbocycles. The van der Waals surface area contributed by atoms with Crippen molar-refractivity contribution in [1.82, 2.24) is 0 Å². The zero-order valence-corrected chi connectivity index (χ0v) is 8.57. The summed E-state index contributed by atoms with van der Waals surface area (Å²) in [5, 5.41) is 4.13. The number of nitrogens with zero attached hydrogens (tertiary/aromatic N) is 3. The third-order valence-electron chi connectivity index (χ3n) is 1.78. The van der Waals surface area contributed by atoms with Crippen LogP contribution in [0.1, 0.15) is 11.1 Å². The van der Waals surface area contributed by atoms with Gasteiger partial charge in [-0.15, -0.1) is 0 Å². The molecular formula is C10H10ClN3. The predicted octanol–water partition coefficient (Wildman–Crippen LogP) is 3.97. The van der Waals surface area contributed by atoms with Gasteiger partial charge in [0.25, 0.3) is 0 Å². The van der Waals surface area contributed by atoms with Gasteiger partial charge < -0.3 is 0 Å². The van der Waals surface area contributed by atoms with E-state index in [1.54, 1.807) is 0 Å². The molecule has 0 amide bonds. The first-order valence-corrected chi connectivity index (χ1v) is 4.55. The lowest BCUT2D eigenvalue weighted by atomic mass is 10.1. The first-order valence-electron chi connectivity index (χ1n) is 4.17. The highest BCUT2D eigenvalue weighted by atomic mass is 35.5. The summed E-state index contributed by atoms with van der Waals surface area (Å²) in [5.74, 6) is 0. The molecule has 14 heavy (non-hydrogen) atoms. The molecule has 72 valence electrons. The fraction of sp³-hybridized carbons (Fsp3) is 0.200. The molecule has 0 aliphatic rings. The van der Waals surface area contributed by atoms with Gasteiger partial charge in [-0.05, 0) is 35.7 Å². The fourth-order valence-corrected chi connectivity index (χ4v) is 1.32. The first-order chi connectivity index (χ1) is 6.74. The van der Waals surface area contributed by atoms with Crippen molar-refractivity contribution in [2.45, 2.75) is 6.92 Å². The Hall–Kier alpha value is -1.44. The van der Waals surface area contributed by atoms with Crippen molar-refractivity contribution >= 4 is 17.7 Å². The molecule has 1 rings (SSSR count). The van der Waals surface area contributed by atoms with Crippen molar-refractivity contribution in [2.24, 2.45) is 5.11 Å². The van der Waals surface area contributed by atoms with Gasteiger partial charge in [-0.2, -0.15) is 0 Å². The lowest BCUT2D eigenvalue weighted by Crippen LogP contribution is -1.80. The molecule has 0 spiro atoms. The summed E-state index contributed by atoms with van der Waals surface area (Å²) in [6.45, 7) is 2.36. The van der Waals surface area contributed by atoms with Crippen LogP contribution in [0, 0.1) is 6.92 Å². The standard InChI is InChI=1S/C10H10ClN3/c1-8-7-10(11)5-4-9(8)3-2-6-13-14-12/h2-5,7H,6H2,1H3. The van der Waals surface area contributed by atoms with Gasteiger partial charge in [0, 0.05) is 16.5 Å². The van der Waals surface area contributed by atoms with Gasteiger partial charge in [-0.25, -0.2) is 0 Å². The van der Waals surface area contributed by atoms with Crippen molar-refractivity contribution in [3.8, 4) is 0 Å². The smallest absolute Gasteiger partial charge is 0.0443 e. The molecule has 3 nitrogen and oxygen atoms in total. The van der Waals surface area contributed by atoms with E-state index in [-0.39, 0.29) is 0 Å². The Morgan fingerprint density at radius 1 is 1.57 bits per heavy atom. The predicted molar refractivity (Wildman–Crippen MR) is 59.2 cm³/mol. The van der Waals surface area contributed by atoms with Gasteiger partial charge in [0.05, 0.1) is 0 Å². The molecule has 0 bridgehead atoms. The lowest BCUT2D eigenvalue weighted by molar-refractivity contribution is 1.22. The van der Waals surface area contributed by atoms with E-state index < -0.39 is 0 Å². The zero-order valence-electron chi connectivity index (χ0n) is 7.81. The maximum Gasteiger partial charge on any atom is 0.0443 e. The van der Waals surface area contributed by atoms with Crippen molar-refractivity contribution in [2.75, 3.05) is 6.54 Å². The molecule has 0 atom stereocenters. The number of aryl methyl sites for hydroxylation is 1. The third-order valence-corrected chi connectivity index (χ3v) is 2.01. The lowest BCUT2D eigenvalue weighted by Gasteiger charge is -1.99. The van der Waals surface area contributed by atoms with Crippen LogP contribution in [0.25, 0.3) is 16.5 Å². The van der Waals surface area contributed by atoms with Gasteiger partial charge in [0.2, 0.25) is 0 Å². The summed E-state index contributed by atoms with van der Waals surface area (Å²) in [7, 11) is 0. The molecular weight excluding hydrogens is 198 g/mol. The largest absolute Gasteiger partial charge is 0.0899 e. The molecule has 0 heterocycles. The van der Waals surface area contributed by atoms with E-state index in [2.05, 4.69) is 10.0 Å². The maximum absolute atomic E-state index is 8.06. The van der Waals surface area contributed by atoms with Crippen LogP contribution < -0.4 is 0 Å². The highest BCUT2D eigenvalue weighted by molar-refractivity contribution is 6.30. The first kappa shape index (κ1) is 10.6. The molecule has 0 unspecified atom stereocenters. The van der Waals surface area contributed by atoms with Crippen LogP contribution in [0.3, 0.4) is 0 Å². The average Bonchev–Trinajstić information content (AvgIpc) is 2.15. The van der Waals surface area contributed by atoms with E-state index in [1.165, 1.54) is 0 Å². The summed E-state index contributed by atoms with van der Waals surface area (Å²) in [6.07, 6.45) is 3.73. The summed E-state index contributed by atoms with van der Waals surface area (Å²) in [4.78, 5) is 2.66. The maximum atomic E-state index is 8.06. The Morgan fingerprint density at radius 2 is 2.36 bits per heavy atom. The van der Waals surface area contributed by atoms with E-state index in [9.17, 15) is 0 Å². The quantitative estimate of drug-likeness (QED) is 0.409. The molecule has 0 radical (unpaired) electrons. The molecule has 0 N–H and O–H groups in total. The summed E-state index contributed by atoms with van der Waals surface area (Å²) < 4.78 is 0. The van der Waals surface area contributed by atoms with Gasteiger partial charge in [-0.1, -0.05) is 34.9 Å². The van der Waals surface area contributed by atoms with E-state index in [0.717, 1.165) is 16.1 Å². The molecule has 0 saturated heterocycles. The molecule has 4 heteroatoms. The van der Waals surface area contributed by atoms with Crippen molar-refractivity contribution in [3.63, 3.8) is 0 Å². The van der Waals surface area contributed by atoms with Crippen LogP contribution in [0.4, 0.5) is 0 Å². The summed E-state index contributed by atoms with van der Waals surface area (Å²) >= 11 is 5.81. The van der Waals surface area contributed by atoms with Gasteiger partial charge >= 0.3 is 0 Å². The minimum absolute atomic E-state index is 0.374. The molecule has 0 aliphatic heterocycles. The summed E-state index contributed by atoms with van der Waals surface area (Å²) in [6, 6.07) is 5.67. The van der Waals surface area contributed by atoms with E-state index >= 15 is 0 Å². The van der Waals surface area contributed by atoms with Crippen LogP contribution in [-0.2, 0) is 0 Å². The van der Waals surface area contributed by atoms with Gasteiger partial charge in [0.15, 0.2) is 0 Å². The molecule has 0 saturated carbocycles. The van der Waals surface area contributed by atoms with Crippen LogP contribution in [-0.4, -0.2) is 6.54 Å². The number of azide groups is 1. The van der Waals surface area contributed by atoms with Crippen LogP contribution in [0.2, 0.25) is 5.02 Å². The van der Waals surface area contributed by atoms with Crippen molar-refractivity contribution in [3.05, 3.63) is 50.9 Å². The Balaban J connectivity index is 2.76. The highest BCUT2D eigenvalue weighted by Crippen LogP contribution is 2.16.